The lowest BCUT2D eigenvalue weighted by Gasteiger charge is -2.33. The van der Waals surface area contributed by atoms with Crippen LogP contribution in [0.2, 0.25) is 0 Å². The number of benzene rings is 1. The molecule has 0 atom stereocenters. The van der Waals surface area contributed by atoms with Gasteiger partial charge in [-0.1, -0.05) is 11.6 Å². The van der Waals surface area contributed by atoms with Gasteiger partial charge in [-0.05, 0) is 19.1 Å². The van der Waals surface area contributed by atoms with E-state index < -0.39 is 0 Å². The fraction of sp³-hybridized carbons (Fsp3) is 0.471. The molecular formula is C17H21FN4O3. The van der Waals surface area contributed by atoms with Gasteiger partial charge >= 0.3 is 0 Å². The number of nitrogens with zero attached hydrogens (tertiary/aromatic N) is 4. The Hall–Kier alpha value is -2.32. The van der Waals surface area contributed by atoms with Crippen LogP contribution < -0.4 is 0 Å². The normalized spacial score (nSPS) is 16.1. The number of aryl methyl sites for hydroxylation is 1. The summed E-state index contributed by atoms with van der Waals surface area (Å²) in [7, 11) is 0. The van der Waals surface area contributed by atoms with Crippen LogP contribution in [0.15, 0.2) is 22.6 Å². The maximum absolute atomic E-state index is 13.9. The number of carbonyl (C=O) groups is 1. The molecule has 1 aliphatic rings. The second kappa shape index (κ2) is 8.17. The van der Waals surface area contributed by atoms with Crippen molar-refractivity contribution in [2.75, 3.05) is 39.3 Å². The third-order valence-corrected chi connectivity index (χ3v) is 4.24. The van der Waals surface area contributed by atoms with Crippen molar-refractivity contribution >= 4 is 6.47 Å². The Balaban J connectivity index is 1.54. The number of piperazine rings is 1. The number of ether oxygens (including phenoxy) is 1. The van der Waals surface area contributed by atoms with Crippen molar-refractivity contribution < 1.29 is 18.3 Å². The van der Waals surface area contributed by atoms with Gasteiger partial charge in [0, 0.05) is 32.7 Å². The monoisotopic (exact) mass is 348 g/mol. The molecule has 7 nitrogen and oxygen atoms in total. The molecule has 1 aromatic carbocycles. The van der Waals surface area contributed by atoms with E-state index in [4.69, 9.17) is 9.15 Å². The summed E-state index contributed by atoms with van der Waals surface area (Å²) >= 11 is 0. The highest BCUT2D eigenvalue weighted by Gasteiger charge is 2.20. The van der Waals surface area contributed by atoms with Crippen LogP contribution in [0.5, 0.6) is 0 Å². The van der Waals surface area contributed by atoms with E-state index in [0.29, 0.717) is 31.1 Å². The quantitative estimate of drug-likeness (QED) is 0.554. The lowest BCUT2D eigenvalue weighted by molar-refractivity contribution is -0.129. The van der Waals surface area contributed by atoms with Crippen molar-refractivity contribution in [3.8, 4) is 11.5 Å². The Kier molecular flexibility index (Phi) is 5.72. The summed E-state index contributed by atoms with van der Waals surface area (Å²) in [5, 5.41) is 8.02. The Labute approximate surface area is 145 Å². The zero-order valence-corrected chi connectivity index (χ0v) is 14.2. The van der Waals surface area contributed by atoms with E-state index in [9.17, 15) is 9.18 Å². The molecule has 8 heteroatoms. The van der Waals surface area contributed by atoms with Crippen LogP contribution in [0.4, 0.5) is 4.39 Å². The number of halogens is 1. The number of rotatable bonds is 7. The first kappa shape index (κ1) is 17.5. The minimum Gasteiger partial charge on any atom is -0.467 e. The first-order valence-corrected chi connectivity index (χ1v) is 8.24. The molecule has 1 aromatic heterocycles. The summed E-state index contributed by atoms with van der Waals surface area (Å²) in [5.41, 5.74) is 1.27. The van der Waals surface area contributed by atoms with Crippen molar-refractivity contribution in [3.63, 3.8) is 0 Å². The zero-order chi connectivity index (χ0) is 17.6. The minimum atomic E-state index is -0.369. The fourth-order valence-corrected chi connectivity index (χ4v) is 2.82. The standard InChI is InChI=1S/C17H21FN4O3/c1-13-2-3-15(18)14(10-13)17-20-19-16(25-17)11-22-6-4-21(5-7-22)8-9-24-12-23/h2-3,10,12H,4-9,11H2,1H3. The topological polar surface area (TPSA) is 71.7 Å². The first-order chi connectivity index (χ1) is 12.2. The van der Waals surface area contributed by atoms with Gasteiger partial charge in [-0.3, -0.25) is 14.6 Å². The van der Waals surface area contributed by atoms with Crippen molar-refractivity contribution in [1.82, 2.24) is 20.0 Å². The third-order valence-electron chi connectivity index (χ3n) is 4.24. The maximum Gasteiger partial charge on any atom is 0.293 e. The summed E-state index contributed by atoms with van der Waals surface area (Å²) < 4.78 is 24.3. The first-order valence-electron chi connectivity index (χ1n) is 8.24. The summed E-state index contributed by atoms with van der Waals surface area (Å²) in [6, 6.07) is 4.81. The summed E-state index contributed by atoms with van der Waals surface area (Å²) in [6.45, 7) is 7.54. The number of hydrogen-bond donors (Lipinski definition) is 0. The van der Waals surface area contributed by atoms with Gasteiger partial charge in [0.25, 0.3) is 12.4 Å². The van der Waals surface area contributed by atoms with Crippen molar-refractivity contribution in [3.05, 3.63) is 35.5 Å². The zero-order valence-electron chi connectivity index (χ0n) is 14.2. The van der Waals surface area contributed by atoms with Gasteiger partial charge in [-0.25, -0.2) is 4.39 Å². The second-order valence-corrected chi connectivity index (χ2v) is 6.07. The van der Waals surface area contributed by atoms with Crippen molar-refractivity contribution in [2.45, 2.75) is 13.5 Å². The van der Waals surface area contributed by atoms with Crippen LogP contribution in [-0.2, 0) is 16.1 Å². The molecule has 2 aromatic rings. The molecule has 0 unspecified atom stereocenters. The minimum absolute atomic E-state index is 0.209. The van der Waals surface area contributed by atoms with E-state index >= 15 is 0 Å². The predicted molar refractivity (Wildman–Crippen MR) is 88.2 cm³/mol. The van der Waals surface area contributed by atoms with E-state index in [-0.39, 0.29) is 11.7 Å². The van der Waals surface area contributed by atoms with E-state index in [1.807, 2.05) is 6.92 Å². The van der Waals surface area contributed by atoms with Crippen LogP contribution >= 0.6 is 0 Å². The summed E-state index contributed by atoms with van der Waals surface area (Å²) in [6.07, 6.45) is 0. The van der Waals surface area contributed by atoms with Gasteiger partial charge in [-0.2, -0.15) is 0 Å². The molecule has 0 amide bonds. The van der Waals surface area contributed by atoms with Crippen molar-refractivity contribution in [2.24, 2.45) is 0 Å². The van der Waals surface area contributed by atoms with Crippen molar-refractivity contribution in [1.29, 1.82) is 0 Å². The lowest BCUT2D eigenvalue weighted by atomic mass is 10.1. The number of aromatic nitrogens is 2. The Morgan fingerprint density at radius 2 is 2.00 bits per heavy atom. The molecule has 1 saturated heterocycles. The molecular weight excluding hydrogens is 327 g/mol. The largest absolute Gasteiger partial charge is 0.467 e. The molecule has 0 saturated carbocycles. The molecule has 25 heavy (non-hydrogen) atoms. The fourth-order valence-electron chi connectivity index (χ4n) is 2.82. The van der Waals surface area contributed by atoms with Gasteiger partial charge in [0.05, 0.1) is 12.1 Å². The van der Waals surface area contributed by atoms with Crippen LogP contribution in [0, 0.1) is 12.7 Å². The third kappa shape index (κ3) is 4.61. The van der Waals surface area contributed by atoms with Gasteiger partial charge < -0.3 is 9.15 Å². The van der Waals surface area contributed by atoms with Crippen LogP contribution in [0.25, 0.3) is 11.5 Å². The predicted octanol–water partition coefficient (Wildman–Crippen LogP) is 1.47. The molecule has 0 bridgehead atoms. The maximum atomic E-state index is 13.9. The van der Waals surface area contributed by atoms with Gasteiger partial charge in [-0.15, -0.1) is 10.2 Å². The molecule has 0 spiro atoms. The van der Waals surface area contributed by atoms with E-state index in [2.05, 4.69) is 20.0 Å². The summed E-state index contributed by atoms with van der Waals surface area (Å²) in [4.78, 5) is 14.6. The Morgan fingerprint density at radius 1 is 1.24 bits per heavy atom. The van der Waals surface area contributed by atoms with Crippen LogP contribution in [0.1, 0.15) is 11.5 Å². The van der Waals surface area contributed by atoms with Gasteiger partial charge in [0.15, 0.2) is 0 Å². The average Bonchev–Trinajstić information content (AvgIpc) is 3.07. The molecule has 3 rings (SSSR count). The Morgan fingerprint density at radius 3 is 2.76 bits per heavy atom. The van der Waals surface area contributed by atoms with Crippen LogP contribution in [0.3, 0.4) is 0 Å². The highest BCUT2D eigenvalue weighted by molar-refractivity contribution is 5.54. The summed E-state index contributed by atoms with van der Waals surface area (Å²) in [5.74, 6) is 0.321. The number of hydrogen-bond acceptors (Lipinski definition) is 7. The average molecular weight is 348 g/mol. The smallest absolute Gasteiger partial charge is 0.293 e. The van der Waals surface area contributed by atoms with Crippen LogP contribution in [-0.4, -0.2) is 65.8 Å². The highest BCUT2D eigenvalue weighted by atomic mass is 19.1. The molecule has 1 aliphatic heterocycles. The van der Waals surface area contributed by atoms with Gasteiger partial charge in [0.1, 0.15) is 12.4 Å². The molecule has 1 fully saturated rings. The molecule has 0 N–H and O–H groups in total. The highest BCUT2D eigenvalue weighted by Crippen LogP contribution is 2.23. The molecule has 134 valence electrons. The molecule has 0 radical (unpaired) electrons. The molecule has 0 aliphatic carbocycles. The van der Waals surface area contributed by atoms with Gasteiger partial charge in [0.2, 0.25) is 5.89 Å². The van der Waals surface area contributed by atoms with E-state index in [1.165, 1.54) is 6.07 Å². The lowest BCUT2D eigenvalue weighted by Crippen LogP contribution is -2.46. The van der Waals surface area contributed by atoms with E-state index in [1.54, 1.807) is 12.1 Å². The Bertz CT molecular complexity index is 714. The SMILES string of the molecule is Cc1ccc(F)c(-c2nnc(CN3CCN(CCOC=O)CC3)o2)c1. The second-order valence-electron chi connectivity index (χ2n) is 6.07. The van der Waals surface area contributed by atoms with E-state index in [0.717, 1.165) is 38.3 Å². The molecule has 2 heterocycles. The number of carbonyl (C=O) groups excluding carboxylic acids is 1.